The zero-order chi connectivity index (χ0) is 12.1. The third-order valence-corrected chi connectivity index (χ3v) is 1.91. The molecular formula is C7H13O7P. The Balaban J connectivity index is 3.96. The van der Waals surface area contributed by atoms with E-state index in [0.717, 1.165) is 0 Å². The number of esters is 1. The lowest BCUT2D eigenvalue weighted by molar-refractivity contribution is -0.165. The zero-order valence-electron chi connectivity index (χ0n) is 8.37. The Bertz CT molecular complexity index is 287. The molecule has 0 bridgehead atoms. The van der Waals surface area contributed by atoms with Crippen LogP contribution in [0.3, 0.4) is 0 Å². The van der Waals surface area contributed by atoms with Gasteiger partial charge in [0.2, 0.25) is 0 Å². The van der Waals surface area contributed by atoms with Gasteiger partial charge < -0.3 is 9.63 Å². The molecule has 0 aromatic carbocycles. The van der Waals surface area contributed by atoms with Crippen molar-refractivity contribution in [2.45, 2.75) is 20.0 Å². The normalized spacial score (nSPS) is 16.5. The van der Waals surface area contributed by atoms with E-state index in [1.54, 1.807) is 0 Å². The van der Waals surface area contributed by atoms with Crippen molar-refractivity contribution in [2.24, 2.45) is 0 Å². The second kappa shape index (κ2) is 5.99. The monoisotopic (exact) mass is 240 g/mol. The molecule has 88 valence electrons. The minimum absolute atomic E-state index is 0.201. The van der Waals surface area contributed by atoms with Gasteiger partial charge in [0.25, 0.3) is 0 Å². The molecule has 0 aliphatic carbocycles. The molecule has 0 aliphatic heterocycles. The summed E-state index contributed by atoms with van der Waals surface area (Å²) in [4.78, 5) is 19.6. The van der Waals surface area contributed by atoms with Crippen molar-refractivity contribution in [3.63, 3.8) is 0 Å². The Labute approximate surface area is 86.8 Å². The van der Waals surface area contributed by atoms with Crippen molar-refractivity contribution in [1.29, 1.82) is 0 Å². The molecule has 0 saturated carbocycles. The highest BCUT2D eigenvalue weighted by Gasteiger charge is 2.23. The molecule has 0 heterocycles. The van der Waals surface area contributed by atoms with Gasteiger partial charge in [0.1, 0.15) is 6.10 Å². The first kappa shape index (κ1) is 14.3. The minimum atomic E-state index is -4.45. The Kier molecular flexibility index (Phi) is 5.71. The summed E-state index contributed by atoms with van der Waals surface area (Å²) in [6, 6.07) is 0. The van der Waals surface area contributed by atoms with Crippen molar-refractivity contribution in [1.82, 2.24) is 0 Å². The van der Waals surface area contributed by atoms with E-state index in [-0.39, 0.29) is 12.2 Å². The average Bonchev–Trinajstić information content (AvgIpc) is 2.15. The fourth-order valence-electron chi connectivity index (χ4n) is 0.540. The van der Waals surface area contributed by atoms with Crippen LogP contribution in [-0.4, -0.2) is 28.8 Å². The summed E-state index contributed by atoms with van der Waals surface area (Å²) in [7, 11) is -4.45. The molecule has 0 rings (SSSR count). The maximum absolute atomic E-state index is 11.0. The number of hydrogen-bond donors (Lipinski definition) is 2. The second-order valence-electron chi connectivity index (χ2n) is 2.84. The number of rotatable bonds is 6. The molecule has 0 radical (unpaired) electrons. The Morgan fingerprint density at radius 1 is 1.60 bits per heavy atom. The van der Waals surface area contributed by atoms with Crippen LogP contribution >= 0.6 is 7.82 Å². The van der Waals surface area contributed by atoms with Gasteiger partial charge in [0.15, 0.2) is 0 Å². The molecule has 15 heavy (non-hydrogen) atoms. The van der Waals surface area contributed by atoms with Gasteiger partial charge >= 0.3 is 13.8 Å². The fraction of sp³-hybridized carbons (Fsp3) is 0.571. The summed E-state index contributed by atoms with van der Waals surface area (Å²) >= 11 is 0. The summed E-state index contributed by atoms with van der Waals surface area (Å²) in [5.74, 6) is -0.635. The Morgan fingerprint density at radius 2 is 2.13 bits per heavy atom. The molecule has 8 heteroatoms. The summed E-state index contributed by atoms with van der Waals surface area (Å²) < 4.78 is 22.8. The molecule has 0 spiro atoms. The van der Waals surface area contributed by atoms with Gasteiger partial charge in [-0.2, -0.15) is 0 Å². The lowest BCUT2D eigenvalue weighted by atomic mass is 10.3. The highest BCUT2D eigenvalue weighted by molar-refractivity contribution is 7.47. The van der Waals surface area contributed by atoms with Crippen LogP contribution < -0.4 is 0 Å². The summed E-state index contributed by atoms with van der Waals surface area (Å²) in [6.45, 7) is 5.87. The standard InChI is InChI=1S/C7H13O7P/c1-5(2)7(8)13-6(3)4-12-15(10,11)14-9/h6,9H,1,4H2,2-3H3,(H,10,11). The molecule has 0 aromatic heterocycles. The Hall–Kier alpha value is -0.720. The van der Waals surface area contributed by atoms with E-state index < -0.39 is 19.9 Å². The van der Waals surface area contributed by atoms with Gasteiger partial charge in [0.05, 0.1) is 6.61 Å². The predicted molar refractivity (Wildman–Crippen MR) is 49.9 cm³/mol. The maximum Gasteiger partial charge on any atom is 0.499 e. The molecule has 0 fully saturated rings. The molecule has 0 saturated heterocycles. The Morgan fingerprint density at radius 3 is 2.53 bits per heavy atom. The summed E-state index contributed by atoms with van der Waals surface area (Å²) in [5, 5.41) is 7.92. The van der Waals surface area contributed by atoms with Gasteiger partial charge in [-0.3, -0.25) is 4.52 Å². The van der Waals surface area contributed by atoms with E-state index in [9.17, 15) is 9.36 Å². The summed E-state index contributed by atoms with van der Waals surface area (Å²) in [6.07, 6.45) is -0.759. The third kappa shape index (κ3) is 6.38. The molecule has 0 aliphatic rings. The quantitative estimate of drug-likeness (QED) is 0.235. The van der Waals surface area contributed by atoms with E-state index in [0.29, 0.717) is 0 Å². The van der Waals surface area contributed by atoms with Crippen molar-refractivity contribution in [3.8, 4) is 0 Å². The maximum atomic E-state index is 11.0. The average molecular weight is 240 g/mol. The second-order valence-corrected chi connectivity index (χ2v) is 4.20. The van der Waals surface area contributed by atoms with Crippen molar-refractivity contribution < 1.29 is 33.4 Å². The van der Waals surface area contributed by atoms with E-state index in [1.165, 1.54) is 13.8 Å². The number of hydrogen-bond acceptors (Lipinski definition) is 6. The van der Waals surface area contributed by atoms with Crippen LogP contribution in [0.25, 0.3) is 0 Å². The van der Waals surface area contributed by atoms with Crippen LogP contribution in [0.1, 0.15) is 13.8 Å². The molecule has 0 amide bonds. The number of carbonyl (C=O) groups excluding carboxylic acids is 1. The first-order chi connectivity index (χ1) is 6.78. The highest BCUT2D eigenvalue weighted by Crippen LogP contribution is 2.41. The fourth-order valence-corrected chi connectivity index (χ4v) is 0.986. The SMILES string of the molecule is C=C(C)C(=O)OC(C)COP(=O)(O)OO. The zero-order valence-corrected chi connectivity index (χ0v) is 9.27. The lowest BCUT2D eigenvalue weighted by Gasteiger charge is -2.14. The van der Waals surface area contributed by atoms with Crippen LogP contribution in [-0.2, 0) is 23.3 Å². The largest absolute Gasteiger partial charge is 0.499 e. The molecule has 0 aromatic rings. The van der Waals surface area contributed by atoms with E-state index in [4.69, 9.17) is 14.9 Å². The highest BCUT2D eigenvalue weighted by atomic mass is 31.2. The molecule has 2 unspecified atom stereocenters. The first-order valence-electron chi connectivity index (χ1n) is 3.95. The number of carbonyl (C=O) groups is 1. The first-order valence-corrected chi connectivity index (χ1v) is 5.45. The van der Waals surface area contributed by atoms with Gasteiger partial charge in [-0.1, -0.05) is 6.58 Å². The minimum Gasteiger partial charge on any atom is -0.457 e. The van der Waals surface area contributed by atoms with Crippen LogP contribution in [0.15, 0.2) is 12.2 Å². The van der Waals surface area contributed by atoms with Crippen molar-refractivity contribution in [2.75, 3.05) is 6.61 Å². The molecule has 2 N–H and O–H groups in total. The van der Waals surface area contributed by atoms with Crippen molar-refractivity contribution in [3.05, 3.63) is 12.2 Å². The number of phosphoric acid groups is 1. The number of phosphoric ester groups is 1. The van der Waals surface area contributed by atoms with Gasteiger partial charge in [0, 0.05) is 5.57 Å². The van der Waals surface area contributed by atoms with E-state index >= 15 is 0 Å². The van der Waals surface area contributed by atoms with Crippen LogP contribution in [0.2, 0.25) is 0 Å². The smallest absolute Gasteiger partial charge is 0.457 e. The predicted octanol–water partition coefficient (Wildman–Crippen LogP) is 1.10. The van der Waals surface area contributed by atoms with Crippen LogP contribution in [0.5, 0.6) is 0 Å². The summed E-state index contributed by atoms with van der Waals surface area (Å²) in [5.41, 5.74) is 0.201. The molecule has 7 nitrogen and oxygen atoms in total. The van der Waals surface area contributed by atoms with Crippen LogP contribution in [0, 0.1) is 0 Å². The molecule has 2 atom stereocenters. The van der Waals surface area contributed by atoms with E-state index in [1.807, 2.05) is 0 Å². The molecular weight excluding hydrogens is 227 g/mol. The number of ether oxygens (including phenoxy) is 1. The lowest BCUT2D eigenvalue weighted by Crippen LogP contribution is -2.20. The van der Waals surface area contributed by atoms with Gasteiger partial charge in [-0.05, 0) is 13.8 Å². The van der Waals surface area contributed by atoms with E-state index in [2.05, 4.69) is 15.8 Å². The third-order valence-electron chi connectivity index (χ3n) is 1.23. The van der Waals surface area contributed by atoms with Gasteiger partial charge in [-0.15, -0.1) is 4.67 Å². The van der Waals surface area contributed by atoms with Crippen LogP contribution in [0.4, 0.5) is 0 Å². The van der Waals surface area contributed by atoms with Crippen molar-refractivity contribution >= 4 is 13.8 Å². The van der Waals surface area contributed by atoms with Gasteiger partial charge in [-0.25, -0.2) is 14.6 Å². The topological polar surface area (TPSA) is 102 Å².